The Bertz CT molecular complexity index is 887. The van der Waals surface area contributed by atoms with Crippen molar-refractivity contribution in [2.45, 2.75) is 13.0 Å². The van der Waals surface area contributed by atoms with E-state index in [2.05, 4.69) is 10.3 Å². The summed E-state index contributed by atoms with van der Waals surface area (Å²) < 4.78 is 10.1. The van der Waals surface area contributed by atoms with Crippen molar-refractivity contribution in [3.63, 3.8) is 0 Å². The third kappa shape index (κ3) is 5.83. The molecule has 0 fully saturated rings. The number of aromatic nitrogens is 1. The molecule has 27 heavy (non-hydrogen) atoms. The van der Waals surface area contributed by atoms with E-state index in [1.807, 2.05) is 0 Å². The van der Waals surface area contributed by atoms with Crippen molar-refractivity contribution in [1.82, 2.24) is 4.98 Å². The molecule has 138 valence electrons. The van der Waals surface area contributed by atoms with E-state index < -0.39 is 18.0 Å². The quantitative estimate of drug-likeness (QED) is 0.465. The van der Waals surface area contributed by atoms with E-state index in [4.69, 9.17) is 21.1 Å². The lowest BCUT2D eigenvalue weighted by atomic mass is 10.1. The Balaban J connectivity index is 2.01. The highest BCUT2D eigenvalue weighted by Crippen LogP contribution is 2.15. The molecule has 0 aliphatic heterocycles. The van der Waals surface area contributed by atoms with Crippen LogP contribution in [0.2, 0.25) is 5.02 Å². The SMILES string of the molecule is COc1ccc(/C=C(\C#N)C(=O)O[C@@H](C)C(=O)Nc2ccc(Cl)cn2)cc1. The molecule has 8 heteroatoms. The zero-order valence-corrected chi connectivity index (χ0v) is 15.4. The zero-order chi connectivity index (χ0) is 19.8. The maximum absolute atomic E-state index is 12.2. The maximum atomic E-state index is 12.2. The van der Waals surface area contributed by atoms with Crippen LogP contribution in [0.15, 0.2) is 48.2 Å². The summed E-state index contributed by atoms with van der Waals surface area (Å²) in [6, 6.07) is 11.6. The fourth-order valence-corrected chi connectivity index (χ4v) is 2.07. The average Bonchev–Trinajstić information content (AvgIpc) is 2.68. The summed E-state index contributed by atoms with van der Waals surface area (Å²) in [6.45, 7) is 1.39. The van der Waals surface area contributed by atoms with Crippen molar-refractivity contribution >= 4 is 35.4 Å². The molecular formula is C19H16ClN3O4. The van der Waals surface area contributed by atoms with Crippen LogP contribution in [0.4, 0.5) is 5.82 Å². The molecule has 0 unspecified atom stereocenters. The van der Waals surface area contributed by atoms with Crippen LogP contribution < -0.4 is 10.1 Å². The van der Waals surface area contributed by atoms with Crippen LogP contribution in [0.3, 0.4) is 0 Å². The largest absolute Gasteiger partial charge is 0.497 e. The molecular weight excluding hydrogens is 370 g/mol. The van der Waals surface area contributed by atoms with Gasteiger partial charge in [0, 0.05) is 6.20 Å². The lowest BCUT2D eigenvalue weighted by Gasteiger charge is -2.12. The number of esters is 1. The zero-order valence-electron chi connectivity index (χ0n) is 14.6. The predicted molar refractivity (Wildman–Crippen MR) is 100 cm³/mol. The standard InChI is InChI=1S/C19H16ClN3O4/c1-12(18(24)23-17-8-5-15(20)11-22-17)27-19(25)14(10-21)9-13-3-6-16(26-2)7-4-13/h3-9,11-12H,1-2H3,(H,22,23,24)/b14-9+/t12-/m0/s1. The Kier molecular flexibility index (Phi) is 6.92. The first-order valence-electron chi connectivity index (χ1n) is 7.82. The number of halogens is 1. The monoisotopic (exact) mass is 385 g/mol. The van der Waals surface area contributed by atoms with Crippen LogP contribution in [-0.4, -0.2) is 30.1 Å². The van der Waals surface area contributed by atoms with Crippen molar-refractivity contribution in [3.8, 4) is 11.8 Å². The fraction of sp³-hybridized carbons (Fsp3) is 0.158. The molecule has 2 rings (SSSR count). The molecule has 0 bridgehead atoms. The van der Waals surface area contributed by atoms with E-state index in [9.17, 15) is 14.9 Å². The molecule has 0 aliphatic carbocycles. The van der Waals surface area contributed by atoms with Gasteiger partial charge in [0.1, 0.15) is 23.2 Å². The molecule has 0 saturated carbocycles. The van der Waals surface area contributed by atoms with E-state index in [1.54, 1.807) is 36.4 Å². The van der Waals surface area contributed by atoms with Gasteiger partial charge in [-0.2, -0.15) is 5.26 Å². The first-order chi connectivity index (χ1) is 12.9. The maximum Gasteiger partial charge on any atom is 0.349 e. The van der Waals surface area contributed by atoms with Gasteiger partial charge in [-0.05, 0) is 42.8 Å². The number of benzene rings is 1. The molecule has 0 saturated heterocycles. The third-order valence-electron chi connectivity index (χ3n) is 3.40. The number of rotatable bonds is 6. The fourth-order valence-electron chi connectivity index (χ4n) is 1.96. The van der Waals surface area contributed by atoms with Crippen LogP contribution in [-0.2, 0) is 14.3 Å². The van der Waals surface area contributed by atoms with E-state index in [-0.39, 0.29) is 11.4 Å². The Morgan fingerprint density at radius 3 is 2.52 bits per heavy atom. The second-order valence-electron chi connectivity index (χ2n) is 5.34. The summed E-state index contributed by atoms with van der Waals surface area (Å²) in [7, 11) is 1.54. The van der Waals surface area contributed by atoms with Crippen molar-refractivity contribution in [2.24, 2.45) is 0 Å². The molecule has 1 aromatic heterocycles. The summed E-state index contributed by atoms with van der Waals surface area (Å²) in [5, 5.41) is 12.1. The molecule has 1 heterocycles. The third-order valence-corrected chi connectivity index (χ3v) is 3.62. The highest BCUT2D eigenvalue weighted by Gasteiger charge is 2.21. The average molecular weight is 386 g/mol. The van der Waals surface area contributed by atoms with Crippen LogP contribution in [0, 0.1) is 11.3 Å². The van der Waals surface area contributed by atoms with Gasteiger partial charge in [0.05, 0.1) is 12.1 Å². The molecule has 7 nitrogen and oxygen atoms in total. The highest BCUT2D eigenvalue weighted by molar-refractivity contribution is 6.30. The molecule has 1 aromatic carbocycles. The van der Waals surface area contributed by atoms with E-state index in [1.165, 1.54) is 32.4 Å². The predicted octanol–water partition coefficient (Wildman–Crippen LogP) is 3.22. The van der Waals surface area contributed by atoms with Gasteiger partial charge in [0.25, 0.3) is 5.91 Å². The van der Waals surface area contributed by atoms with E-state index >= 15 is 0 Å². The van der Waals surface area contributed by atoms with E-state index in [0.717, 1.165) is 0 Å². The first-order valence-corrected chi connectivity index (χ1v) is 8.20. The second kappa shape index (κ2) is 9.36. The van der Waals surface area contributed by atoms with Gasteiger partial charge >= 0.3 is 5.97 Å². The molecule has 2 aromatic rings. The summed E-state index contributed by atoms with van der Waals surface area (Å²) >= 11 is 5.73. The van der Waals surface area contributed by atoms with Gasteiger partial charge in [-0.25, -0.2) is 9.78 Å². The van der Waals surface area contributed by atoms with Crippen LogP contribution in [0.1, 0.15) is 12.5 Å². The Morgan fingerprint density at radius 2 is 1.96 bits per heavy atom. The number of methoxy groups -OCH3 is 1. The van der Waals surface area contributed by atoms with Crippen molar-refractivity contribution in [3.05, 3.63) is 58.8 Å². The van der Waals surface area contributed by atoms with Crippen LogP contribution in [0.5, 0.6) is 5.75 Å². The van der Waals surface area contributed by atoms with Gasteiger partial charge in [-0.15, -0.1) is 0 Å². The Hall–Kier alpha value is -3.37. The number of amides is 1. The van der Waals surface area contributed by atoms with Crippen molar-refractivity contribution in [1.29, 1.82) is 5.26 Å². The van der Waals surface area contributed by atoms with E-state index in [0.29, 0.717) is 16.3 Å². The topological polar surface area (TPSA) is 101 Å². The molecule has 1 amide bonds. The normalized spacial score (nSPS) is 11.9. The smallest absolute Gasteiger partial charge is 0.349 e. The van der Waals surface area contributed by atoms with Gasteiger partial charge in [-0.3, -0.25) is 4.79 Å². The Morgan fingerprint density at radius 1 is 1.26 bits per heavy atom. The number of ether oxygens (including phenoxy) is 2. The summed E-state index contributed by atoms with van der Waals surface area (Å²) in [6.07, 6.45) is 1.62. The van der Waals surface area contributed by atoms with Crippen molar-refractivity contribution < 1.29 is 19.1 Å². The number of carbonyl (C=O) groups excluding carboxylic acids is 2. The lowest BCUT2D eigenvalue weighted by molar-refractivity contribution is -0.148. The number of pyridine rings is 1. The minimum absolute atomic E-state index is 0.232. The van der Waals surface area contributed by atoms with Gasteiger partial charge in [0.15, 0.2) is 6.10 Å². The minimum atomic E-state index is -1.12. The van der Waals surface area contributed by atoms with Crippen LogP contribution >= 0.6 is 11.6 Å². The number of carbonyl (C=O) groups is 2. The summed E-state index contributed by atoms with van der Waals surface area (Å²) in [5.41, 5.74) is 0.385. The highest BCUT2D eigenvalue weighted by atomic mass is 35.5. The van der Waals surface area contributed by atoms with Gasteiger partial charge in [0.2, 0.25) is 0 Å². The number of anilines is 1. The molecule has 0 aliphatic rings. The van der Waals surface area contributed by atoms with Crippen molar-refractivity contribution in [2.75, 3.05) is 12.4 Å². The molecule has 1 N–H and O–H groups in total. The van der Waals surface area contributed by atoms with Gasteiger partial charge < -0.3 is 14.8 Å². The minimum Gasteiger partial charge on any atom is -0.497 e. The number of nitriles is 1. The van der Waals surface area contributed by atoms with Gasteiger partial charge in [-0.1, -0.05) is 23.7 Å². The lowest BCUT2D eigenvalue weighted by Crippen LogP contribution is -2.30. The summed E-state index contributed by atoms with van der Waals surface area (Å²) in [4.78, 5) is 28.2. The first kappa shape index (κ1) is 19.9. The molecule has 0 radical (unpaired) electrons. The number of hydrogen-bond donors (Lipinski definition) is 1. The second-order valence-corrected chi connectivity index (χ2v) is 5.78. The molecule has 1 atom stereocenters. The van der Waals surface area contributed by atoms with Crippen LogP contribution in [0.25, 0.3) is 6.08 Å². The molecule has 0 spiro atoms. The Labute approximate surface area is 161 Å². The number of hydrogen-bond acceptors (Lipinski definition) is 6. The summed E-state index contributed by atoms with van der Waals surface area (Å²) in [5.74, 6) is -0.573. The number of nitrogens with zero attached hydrogens (tertiary/aromatic N) is 2. The number of nitrogens with one attached hydrogen (secondary N) is 1.